The molecule has 2 fully saturated rings. The molecule has 0 amide bonds. The summed E-state index contributed by atoms with van der Waals surface area (Å²) >= 11 is 0. The molecule has 1 atom stereocenters. The van der Waals surface area contributed by atoms with Crippen LogP contribution in [0.2, 0.25) is 0 Å². The van der Waals surface area contributed by atoms with Crippen LogP contribution in [-0.2, 0) is 4.79 Å². The lowest BCUT2D eigenvalue weighted by Gasteiger charge is -2.43. The number of nitrogens with two attached hydrogens (primary N) is 1. The zero-order valence-corrected chi connectivity index (χ0v) is 15.7. The summed E-state index contributed by atoms with van der Waals surface area (Å²) < 4.78 is 0. The van der Waals surface area contributed by atoms with Crippen LogP contribution >= 0.6 is 0 Å². The van der Waals surface area contributed by atoms with Crippen LogP contribution in [0.15, 0.2) is 0 Å². The van der Waals surface area contributed by atoms with E-state index in [-0.39, 0.29) is 17.2 Å². The van der Waals surface area contributed by atoms with Crippen molar-refractivity contribution in [2.24, 2.45) is 22.5 Å². The molecule has 0 aliphatic heterocycles. The number of Topliss-reactive ketones (excluding diaryl/α,β-unsaturated/α-hetero) is 1. The third kappa shape index (κ3) is 5.37. The predicted molar refractivity (Wildman–Crippen MR) is 95.9 cm³/mol. The van der Waals surface area contributed by atoms with Crippen LogP contribution in [0.4, 0.5) is 0 Å². The van der Waals surface area contributed by atoms with Gasteiger partial charge in [0.25, 0.3) is 0 Å². The van der Waals surface area contributed by atoms with Crippen LogP contribution in [-0.4, -0.2) is 11.8 Å². The molecule has 0 radical (unpaired) electrons. The summed E-state index contributed by atoms with van der Waals surface area (Å²) in [5.74, 6) is 0.916. The van der Waals surface area contributed by atoms with E-state index in [4.69, 9.17) is 5.73 Å². The maximum Gasteiger partial charge on any atom is 0.154 e. The Hall–Kier alpha value is -0.370. The Labute approximate surface area is 138 Å². The van der Waals surface area contributed by atoms with E-state index in [2.05, 4.69) is 0 Å². The first-order valence-electron chi connectivity index (χ1n) is 9.62. The molecule has 2 aliphatic carbocycles. The summed E-state index contributed by atoms with van der Waals surface area (Å²) in [6.07, 6.45) is 13.5. The molecule has 1 spiro atoms. The van der Waals surface area contributed by atoms with E-state index in [9.17, 15) is 4.79 Å². The number of hydrogen-bond acceptors (Lipinski definition) is 2. The van der Waals surface area contributed by atoms with Gasteiger partial charge in [-0.2, -0.15) is 0 Å². The number of hydrogen-bond donors (Lipinski definition) is 1. The highest BCUT2D eigenvalue weighted by molar-refractivity contribution is 5.88. The zero-order chi connectivity index (χ0) is 16.8. The fourth-order valence-electron chi connectivity index (χ4n) is 4.35. The first-order chi connectivity index (χ1) is 10.3. The fraction of sp³-hybridized carbons (Fsp3) is 0.950. The topological polar surface area (TPSA) is 43.1 Å². The first-order valence-corrected chi connectivity index (χ1v) is 9.62. The minimum atomic E-state index is -0.293. The monoisotopic (exact) mass is 309 g/mol. The van der Waals surface area contributed by atoms with Crippen molar-refractivity contribution in [3.63, 3.8) is 0 Å². The second-order valence-corrected chi connectivity index (χ2v) is 8.46. The molecule has 1 unspecified atom stereocenters. The highest BCUT2D eigenvalue weighted by Gasteiger charge is 2.37. The van der Waals surface area contributed by atoms with E-state index in [0.717, 1.165) is 6.42 Å². The van der Waals surface area contributed by atoms with Crippen molar-refractivity contribution in [1.82, 2.24) is 0 Å². The molecule has 0 aromatic carbocycles. The van der Waals surface area contributed by atoms with E-state index in [1.807, 2.05) is 34.6 Å². The van der Waals surface area contributed by atoms with Gasteiger partial charge in [-0.3, -0.25) is 4.79 Å². The van der Waals surface area contributed by atoms with Gasteiger partial charge < -0.3 is 5.73 Å². The van der Waals surface area contributed by atoms with Gasteiger partial charge in [-0.15, -0.1) is 0 Å². The summed E-state index contributed by atoms with van der Waals surface area (Å²) in [6.45, 7) is 9.94. The number of rotatable bonds is 3. The van der Waals surface area contributed by atoms with Gasteiger partial charge in [-0.05, 0) is 56.3 Å². The molecule has 0 bridgehead atoms. The Kier molecular flexibility index (Phi) is 7.58. The third-order valence-electron chi connectivity index (χ3n) is 5.74. The maximum atomic E-state index is 12.2. The van der Waals surface area contributed by atoms with Gasteiger partial charge in [-0.25, -0.2) is 0 Å². The van der Waals surface area contributed by atoms with Crippen molar-refractivity contribution in [2.75, 3.05) is 0 Å². The number of carbonyl (C=O) groups excluding carboxylic acids is 1. The van der Waals surface area contributed by atoms with Gasteiger partial charge in [0.1, 0.15) is 0 Å². The summed E-state index contributed by atoms with van der Waals surface area (Å²) in [7, 11) is 0. The number of ketones is 1. The molecule has 2 aliphatic rings. The molecule has 2 nitrogen and oxygen atoms in total. The smallest absolute Gasteiger partial charge is 0.154 e. The molecular formula is C20H39NO. The van der Waals surface area contributed by atoms with Gasteiger partial charge in [0, 0.05) is 5.41 Å². The lowest BCUT2D eigenvalue weighted by Crippen LogP contribution is -2.41. The maximum absolute atomic E-state index is 12.2. The zero-order valence-electron chi connectivity index (χ0n) is 15.7. The Balaban J connectivity index is 0.00000116. The lowest BCUT2D eigenvalue weighted by molar-refractivity contribution is -0.128. The fourth-order valence-corrected chi connectivity index (χ4v) is 4.35. The summed E-state index contributed by atoms with van der Waals surface area (Å²) in [4.78, 5) is 12.2. The second kappa shape index (κ2) is 8.47. The molecule has 2 heteroatoms. The van der Waals surface area contributed by atoms with Crippen molar-refractivity contribution < 1.29 is 4.79 Å². The molecule has 0 saturated heterocycles. The van der Waals surface area contributed by atoms with Gasteiger partial charge in [-0.1, -0.05) is 53.9 Å². The van der Waals surface area contributed by atoms with E-state index >= 15 is 0 Å². The minimum Gasteiger partial charge on any atom is -0.321 e. The van der Waals surface area contributed by atoms with Crippen LogP contribution in [0, 0.1) is 16.7 Å². The van der Waals surface area contributed by atoms with Crippen molar-refractivity contribution in [2.45, 2.75) is 105 Å². The molecule has 0 aromatic rings. The van der Waals surface area contributed by atoms with Crippen LogP contribution in [0.1, 0.15) is 98.8 Å². The predicted octanol–water partition coefficient (Wildman–Crippen LogP) is 5.49. The van der Waals surface area contributed by atoms with E-state index in [0.29, 0.717) is 11.3 Å². The highest BCUT2D eigenvalue weighted by Crippen LogP contribution is 2.49. The molecule has 0 aromatic heterocycles. The largest absolute Gasteiger partial charge is 0.321 e. The molecule has 22 heavy (non-hydrogen) atoms. The van der Waals surface area contributed by atoms with Crippen molar-refractivity contribution in [3.05, 3.63) is 0 Å². The van der Waals surface area contributed by atoms with Gasteiger partial charge in [0.05, 0.1) is 6.04 Å². The normalized spacial score (nSPS) is 23.5. The molecule has 0 heterocycles. The standard InChI is InChI=1S/C18H33NO.C2H6/c1-17(2,3)16(20)15(19)13-14-7-11-18(12-8-14)9-5-4-6-10-18;1-2/h14-15H,4-13,19H2,1-3H3;1-2H3. The number of carbonyl (C=O) groups is 1. The van der Waals surface area contributed by atoms with Crippen LogP contribution in [0.5, 0.6) is 0 Å². The van der Waals surface area contributed by atoms with Crippen LogP contribution in [0.3, 0.4) is 0 Å². The second-order valence-electron chi connectivity index (χ2n) is 8.46. The average Bonchev–Trinajstić information content (AvgIpc) is 2.51. The van der Waals surface area contributed by atoms with Crippen molar-refractivity contribution in [3.8, 4) is 0 Å². The Morgan fingerprint density at radius 3 is 2.00 bits per heavy atom. The molecule has 130 valence electrons. The van der Waals surface area contributed by atoms with E-state index < -0.39 is 0 Å². The molecule has 2 saturated carbocycles. The van der Waals surface area contributed by atoms with Gasteiger partial charge >= 0.3 is 0 Å². The minimum absolute atomic E-state index is 0.232. The Morgan fingerprint density at radius 1 is 1.05 bits per heavy atom. The molecule has 2 rings (SSSR count). The summed E-state index contributed by atoms with van der Waals surface area (Å²) in [6, 6.07) is -0.250. The molecule has 2 N–H and O–H groups in total. The third-order valence-corrected chi connectivity index (χ3v) is 5.74. The highest BCUT2D eigenvalue weighted by atomic mass is 16.1. The van der Waals surface area contributed by atoms with Crippen molar-refractivity contribution in [1.29, 1.82) is 0 Å². The van der Waals surface area contributed by atoms with Crippen molar-refractivity contribution >= 4 is 5.78 Å². The SMILES string of the molecule is CC.CC(C)(C)C(=O)C(N)CC1CCC2(CCCCC2)CC1. The summed E-state index contributed by atoms with van der Waals surface area (Å²) in [5, 5.41) is 0. The quantitative estimate of drug-likeness (QED) is 0.749. The van der Waals surface area contributed by atoms with E-state index in [1.165, 1.54) is 57.8 Å². The Bertz CT molecular complexity index is 326. The lowest BCUT2D eigenvalue weighted by atomic mass is 9.62. The summed E-state index contributed by atoms with van der Waals surface area (Å²) in [5.41, 5.74) is 6.54. The Morgan fingerprint density at radius 2 is 1.55 bits per heavy atom. The average molecular weight is 310 g/mol. The van der Waals surface area contributed by atoms with Gasteiger partial charge in [0.2, 0.25) is 0 Å². The van der Waals surface area contributed by atoms with Crippen LogP contribution in [0.25, 0.3) is 0 Å². The molecular weight excluding hydrogens is 270 g/mol. The first kappa shape index (κ1) is 19.7. The van der Waals surface area contributed by atoms with Gasteiger partial charge in [0.15, 0.2) is 5.78 Å². The van der Waals surface area contributed by atoms with Crippen LogP contribution < -0.4 is 5.73 Å². The van der Waals surface area contributed by atoms with E-state index in [1.54, 1.807) is 0 Å².